The first kappa shape index (κ1) is 11.0. The largest absolute Gasteiger partial charge is 0.478 e. The predicted octanol–water partition coefficient (Wildman–Crippen LogP) is 2.00. The van der Waals surface area contributed by atoms with Gasteiger partial charge in [-0.1, -0.05) is 24.3 Å². The number of nitrogens with zero attached hydrogens (tertiary/aromatic N) is 2. The molecule has 4 heteroatoms. The fraction of sp³-hybridized carbons (Fsp3) is 0.286. The van der Waals surface area contributed by atoms with Gasteiger partial charge >= 0.3 is 5.97 Å². The molecule has 0 radical (unpaired) electrons. The summed E-state index contributed by atoms with van der Waals surface area (Å²) < 4.78 is 1.69. The molecule has 1 aliphatic rings. The van der Waals surface area contributed by atoms with E-state index in [1.807, 2.05) is 19.2 Å². The molecule has 1 heterocycles. The summed E-state index contributed by atoms with van der Waals surface area (Å²) in [6.07, 6.45) is 3.24. The van der Waals surface area contributed by atoms with Gasteiger partial charge in [-0.25, -0.2) is 4.79 Å². The van der Waals surface area contributed by atoms with E-state index in [1.54, 1.807) is 4.68 Å². The number of aromatic nitrogens is 2. The first-order valence-corrected chi connectivity index (χ1v) is 5.99. The van der Waals surface area contributed by atoms with E-state index >= 15 is 0 Å². The average Bonchev–Trinajstić information content (AvgIpc) is 2.91. The maximum absolute atomic E-state index is 11.2. The second-order valence-corrected chi connectivity index (χ2v) is 4.75. The summed E-state index contributed by atoms with van der Waals surface area (Å²) in [6.45, 7) is 0. The maximum atomic E-state index is 11.2. The van der Waals surface area contributed by atoms with Gasteiger partial charge in [0.1, 0.15) is 5.56 Å². The molecule has 1 aromatic carbocycles. The second-order valence-electron chi connectivity index (χ2n) is 4.75. The Morgan fingerprint density at radius 1 is 1.33 bits per heavy atom. The monoisotopic (exact) mass is 242 g/mol. The number of aryl methyl sites for hydroxylation is 1. The summed E-state index contributed by atoms with van der Waals surface area (Å²) in [5, 5.41) is 13.3. The lowest BCUT2D eigenvalue weighted by molar-refractivity contribution is 0.0695. The van der Waals surface area contributed by atoms with Crippen LogP contribution in [-0.4, -0.2) is 20.9 Å². The first-order valence-electron chi connectivity index (χ1n) is 5.99. The molecule has 0 bridgehead atoms. The third kappa shape index (κ3) is 1.61. The fourth-order valence-electron chi connectivity index (χ4n) is 2.85. The quantitative estimate of drug-likeness (QED) is 0.876. The molecule has 18 heavy (non-hydrogen) atoms. The van der Waals surface area contributed by atoms with Crippen LogP contribution in [0.3, 0.4) is 0 Å². The van der Waals surface area contributed by atoms with Crippen LogP contribution in [0.15, 0.2) is 30.5 Å². The molecule has 0 fully saturated rings. The predicted molar refractivity (Wildman–Crippen MR) is 66.8 cm³/mol. The van der Waals surface area contributed by atoms with Crippen LogP contribution in [0.2, 0.25) is 0 Å². The van der Waals surface area contributed by atoms with Gasteiger partial charge in [0.25, 0.3) is 0 Å². The summed E-state index contributed by atoms with van der Waals surface area (Å²) >= 11 is 0. The molecule has 2 aromatic rings. The van der Waals surface area contributed by atoms with E-state index in [2.05, 4.69) is 17.2 Å². The van der Waals surface area contributed by atoms with Gasteiger partial charge in [-0.15, -0.1) is 0 Å². The number of hydrogen-bond donors (Lipinski definition) is 1. The van der Waals surface area contributed by atoms with Gasteiger partial charge in [0.05, 0.1) is 11.9 Å². The third-order valence-electron chi connectivity index (χ3n) is 3.65. The molecule has 1 aromatic heterocycles. The van der Waals surface area contributed by atoms with Crippen molar-refractivity contribution in [2.45, 2.75) is 18.8 Å². The number of rotatable bonds is 2. The van der Waals surface area contributed by atoms with E-state index in [4.69, 9.17) is 0 Å². The molecule has 0 aliphatic heterocycles. The van der Waals surface area contributed by atoms with E-state index in [-0.39, 0.29) is 5.92 Å². The van der Waals surface area contributed by atoms with Crippen molar-refractivity contribution in [1.29, 1.82) is 0 Å². The Kier molecular flexibility index (Phi) is 2.44. The van der Waals surface area contributed by atoms with Crippen molar-refractivity contribution in [3.63, 3.8) is 0 Å². The van der Waals surface area contributed by atoms with Gasteiger partial charge < -0.3 is 5.11 Å². The summed E-state index contributed by atoms with van der Waals surface area (Å²) in [7, 11) is 1.81. The van der Waals surface area contributed by atoms with Crippen molar-refractivity contribution in [2.75, 3.05) is 0 Å². The molecule has 1 N–H and O–H groups in total. The first-order chi connectivity index (χ1) is 8.66. The Bertz CT molecular complexity index is 591. The number of fused-ring (bicyclic) bond motifs is 1. The summed E-state index contributed by atoms with van der Waals surface area (Å²) in [4.78, 5) is 11.2. The van der Waals surface area contributed by atoms with Crippen LogP contribution in [0, 0.1) is 0 Å². The molecule has 3 rings (SSSR count). The SMILES string of the molecule is Cn1ncc(C(=O)O)c1C1Cc2ccccc2C1. The second kappa shape index (κ2) is 3.98. The van der Waals surface area contributed by atoms with Crippen molar-refractivity contribution >= 4 is 5.97 Å². The third-order valence-corrected chi connectivity index (χ3v) is 3.65. The van der Waals surface area contributed by atoms with E-state index in [1.165, 1.54) is 17.3 Å². The highest BCUT2D eigenvalue weighted by molar-refractivity contribution is 5.89. The topological polar surface area (TPSA) is 55.1 Å². The number of carbonyl (C=O) groups is 1. The van der Waals surface area contributed by atoms with Gasteiger partial charge in [0, 0.05) is 13.0 Å². The van der Waals surface area contributed by atoms with Crippen LogP contribution < -0.4 is 0 Å². The Hall–Kier alpha value is -2.10. The van der Waals surface area contributed by atoms with Crippen LogP contribution >= 0.6 is 0 Å². The Labute approximate surface area is 105 Å². The minimum atomic E-state index is -0.894. The van der Waals surface area contributed by atoms with E-state index in [9.17, 15) is 9.90 Å². The zero-order chi connectivity index (χ0) is 12.7. The Morgan fingerprint density at radius 3 is 2.50 bits per heavy atom. The highest BCUT2D eigenvalue weighted by Crippen LogP contribution is 2.34. The van der Waals surface area contributed by atoms with Gasteiger partial charge in [0.15, 0.2) is 0 Å². The zero-order valence-electron chi connectivity index (χ0n) is 10.1. The molecule has 0 spiro atoms. The van der Waals surface area contributed by atoms with Crippen molar-refractivity contribution in [3.05, 3.63) is 52.8 Å². The number of carboxylic acid groups (broad SMARTS) is 1. The van der Waals surface area contributed by atoms with Crippen molar-refractivity contribution in [2.24, 2.45) is 7.05 Å². The highest BCUT2D eigenvalue weighted by atomic mass is 16.4. The average molecular weight is 242 g/mol. The van der Waals surface area contributed by atoms with Crippen LogP contribution in [-0.2, 0) is 19.9 Å². The lowest BCUT2D eigenvalue weighted by Gasteiger charge is -2.11. The summed E-state index contributed by atoms with van der Waals surface area (Å²) in [5.74, 6) is -0.671. The lowest BCUT2D eigenvalue weighted by Crippen LogP contribution is -2.11. The highest BCUT2D eigenvalue weighted by Gasteiger charge is 2.29. The van der Waals surface area contributed by atoms with Crippen LogP contribution in [0.5, 0.6) is 0 Å². The molecule has 0 saturated carbocycles. The summed E-state index contributed by atoms with van der Waals surface area (Å²) in [5.41, 5.74) is 3.80. The van der Waals surface area contributed by atoms with Gasteiger partial charge in [-0.2, -0.15) is 5.10 Å². The fourth-order valence-corrected chi connectivity index (χ4v) is 2.85. The zero-order valence-corrected chi connectivity index (χ0v) is 10.1. The molecule has 4 nitrogen and oxygen atoms in total. The van der Waals surface area contributed by atoms with E-state index in [0.29, 0.717) is 5.56 Å². The maximum Gasteiger partial charge on any atom is 0.339 e. The van der Waals surface area contributed by atoms with Gasteiger partial charge in [0.2, 0.25) is 0 Å². The van der Waals surface area contributed by atoms with Crippen LogP contribution in [0.4, 0.5) is 0 Å². The lowest BCUT2D eigenvalue weighted by atomic mass is 9.98. The Balaban J connectivity index is 2.00. The van der Waals surface area contributed by atoms with Gasteiger partial charge in [-0.05, 0) is 24.0 Å². The molecule has 0 saturated heterocycles. The molecule has 0 atom stereocenters. The van der Waals surface area contributed by atoms with Crippen molar-refractivity contribution in [3.8, 4) is 0 Å². The molecule has 92 valence electrons. The number of aromatic carboxylic acids is 1. The molecular formula is C14H14N2O2. The molecular weight excluding hydrogens is 228 g/mol. The van der Waals surface area contributed by atoms with Crippen molar-refractivity contribution < 1.29 is 9.90 Å². The van der Waals surface area contributed by atoms with Gasteiger partial charge in [-0.3, -0.25) is 4.68 Å². The smallest absolute Gasteiger partial charge is 0.339 e. The van der Waals surface area contributed by atoms with E-state index in [0.717, 1.165) is 18.5 Å². The molecule has 1 aliphatic carbocycles. The van der Waals surface area contributed by atoms with Crippen LogP contribution in [0.25, 0.3) is 0 Å². The number of benzene rings is 1. The Morgan fingerprint density at radius 2 is 1.94 bits per heavy atom. The number of carboxylic acids is 1. The summed E-state index contributed by atoms with van der Waals surface area (Å²) in [6, 6.07) is 8.30. The molecule has 0 amide bonds. The van der Waals surface area contributed by atoms with Crippen molar-refractivity contribution in [1.82, 2.24) is 9.78 Å². The van der Waals surface area contributed by atoms with E-state index < -0.39 is 5.97 Å². The standard InChI is InChI=1S/C14H14N2O2/c1-16-13(12(8-15-16)14(17)18)11-6-9-4-2-3-5-10(9)7-11/h2-5,8,11H,6-7H2,1H3,(H,17,18). The minimum Gasteiger partial charge on any atom is -0.478 e. The number of hydrogen-bond acceptors (Lipinski definition) is 2. The van der Waals surface area contributed by atoms with Crippen LogP contribution in [0.1, 0.15) is 33.1 Å². The normalized spacial score (nSPS) is 14.7. The molecule has 0 unspecified atom stereocenters. The minimum absolute atomic E-state index is 0.223.